The Kier molecular flexibility index (Phi) is 4.32. The van der Waals surface area contributed by atoms with Gasteiger partial charge in [-0.2, -0.15) is 0 Å². The predicted molar refractivity (Wildman–Crippen MR) is 90.2 cm³/mol. The minimum absolute atomic E-state index is 0.530. The Morgan fingerprint density at radius 1 is 1.33 bits per heavy atom. The number of rotatable bonds is 4. The van der Waals surface area contributed by atoms with Gasteiger partial charge in [-0.25, -0.2) is 4.98 Å². The number of hydrogen-bond donors (Lipinski definition) is 0. The second kappa shape index (κ2) is 6.20. The zero-order valence-electron chi connectivity index (χ0n) is 12.7. The summed E-state index contributed by atoms with van der Waals surface area (Å²) in [6, 6.07) is 11.0. The third kappa shape index (κ3) is 2.99. The van der Waals surface area contributed by atoms with Crippen molar-refractivity contribution in [2.45, 2.75) is 24.8 Å². The first-order valence-electron chi connectivity index (χ1n) is 7.55. The summed E-state index contributed by atoms with van der Waals surface area (Å²) >= 11 is 6.15. The fourth-order valence-electron chi connectivity index (χ4n) is 3.24. The Morgan fingerprint density at radius 3 is 2.90 bits per heavy atom. The molecule has 0 aliphatic carbocycles. The number of nitrogens with zero attached hydrogens (tertiary/aromatic N) is 3. The predicted octanol–water partition coefficient (Wildman–Crippen LogP) is 3.50. The molecule has 21 heavy (non-hydrogen) atoms. The van der Waals surface area contributed by atoms with E-state index in [2.05, 4.69) is 42.1 Å². The van der Waals surface area contributed by atoms with Crippen molar-refractivity contribution in [1.29, 1.82) is 0 Å². The van der Waals surface area contributed by atoms with Crippen LogP contribution in [0.25, 0.3) is 10.9 Å². The Balaban J connectivity index is 1.99. The van der Waals surface area contributed by atoms with Crippen molar-refractivity contribution in [3.63, 3.8) is 0 Å². The first-order valence-corrected chi connectivity index (χ1v) is 8.08. The molecule has 1 aromatic heterocycles. The van der Waals surface area contributed by atoms with Crippen LogP contribution in [0.2, 0.25) is 0 Å². The highest BCUT2D eigenvalue weighted by Gasteiger charge is 2.26. The average molecular weight is 304 g/mol. The van der Waals surface area contributed by atoms with Crippen LogP contribution in [0.15, 0.2) is 30.3 Å². The summed E-state index contributed by atoms with van der Waals surface area (Å²) in [4.78, 5) is 9.58. The lowest BCUT2D eigenvalue weighted by Crippen LogP contribution is -2.38. The van der Waals surface area contributed by atoms with Crippen molar-refractivity contribution in [2.75, 3.05) is 32.1 Å². The SMILES string of the molecule is CN(C)CC1CCCN1c1cc(CCl)c2ccccc2n1. The average Bonchev–Trinajstić information content (AvgIpc) is 2.93. The third-order valence-corrected chi connectivity index (χ3v) is 4.47. The van der Waals surface area contributed by atoms with Crippen molar-refractivity contribution >= 4 is 28.3 Å². The Labute approximate surface area is 131 Å². The largest absolute Gasteiger partial charge is 0.352 e. The Morgan fingerprint density at radius 2 is 2.14 bits per heavy atom. The molecule has 1 aliphatic rings. The molecule has 112 valence electrons. The van der Waals surface area contributed by atoms with Crippen molar-refractivity contribution in [1.82, 2.24) is 9.88 Å². The molecule has 0 bridgehead atoms. The summed E-state index contributed by atoms with van der Waals surface area (Å²) < 4.78 is 0. The van der Waals surface area contributed by atoms with Gasteiger partial charge in [0.1, 0.15) is 5.82 Å². The van der Waals surface area contributed by atoms with Crippen molar-refractivity contribution < 1.29 is 0 Å². The van der Waals surface area contributed by atoms with Gasteiger partial charge in [0.15, 0.2) is 0 Å². The number of halogens is 1. The monoisotopic (exact) mass is 303 g/mol. The Hall–Kier alpha value is -1.32. The van der Waals surface area contributed by atoms with E-state index in [1.165, 1.54) is 23.8 Å². The van der Waals surface area contributed by atoms with Crippen LogP contribution >= 0.6 is 11.6 Å². The fraction of sp³-hybridized carbons (Fsp3) is 0.471. The number of pyridine rings is 1. The smallest absolute Gasteiger partial charge is 0.129 e. The number of fused-ring (bicyclic) bond motifs is 1. The maximum atomic E-state index is 6.15. The van der Waals surface area contributed by atoms with Crippen molar-refractivity contribution in [3.05, 3.63) is 35.9 Å². The van der Waals surface area contributed by atoms with E-state index < -0.39 is 0 Å². The van der Waals surface area contributed by atoms with Gasteiger partial charge in [0.05, 0.1) is 5.52 Å². The molecule has 1 fully saturated rings. The summed E-state index contributed by atoms with van der Waals surface area (Å²) in [6.07, 6.45) is 2.48. The molecule has 1 saturated heterocycles. The topological polar surface area (TPSA) is 19.4 Å². The molecule has 1 atom stereocenters. The normalized spacial score (nSPS) is 18.9. The van der Waals surface area contributed by atoms with Crippen molar-refractivity contribution in [3.8, 4) is 0 Å². The van der Waals surface area contributed by atoms with Gasteiger partial charge in [-0.05, 0) is 44.6 Å². The molecule has 2 aromatic rings. The summed E-state index contributed by atoms with van der Waals surface area (Å²) in [5.74, 6) is 1.61. The molecule has 2 heterocycles. The standard InChI is InChI=1S/C17H22ClN3/c1-20(2)12-14-6-5-9-21(14)17-10-13(11-18)15-7-3-4-8-16(15)19-17/h3-4,7-8,10,14H,5-6,9,11-12H2,1-2H3. The highest BCUT2D eigenvalue weighted by Crippen LogP contribution is 2.29. The van der Waals surface area contributed by atoms with E-state index in [0.717, 1.165) is 24.4 Å². The highest BCUT2D eigenvalue weighted by molar-refractivity contribution is 6.18. The lowest BCUT2D eigenvalue weighted by atomic mass is 10.1. The molecule has 4 heteroatoms. The molecule has 0 spiro atoms. The number of alkyl halides is 1. The minimum Gasteiger partial charge on any atom is -0.352 e. The van der Waals surface area contributed by atoms with Crippen LogP contribution in [-0.2, 0) is 5.88 Å². The van der Waals surface area contributed by atoms with Crippen molar-refractivity contribution in [2.24, 2.45) is 0 Å². The van der Waals surface area contributed by atoms with Gasteiger partial charge in [-0.1, -0.05) is 18.2 Å². The molecule has 3 rings (SSSR count). The molecule has 3 nitrogen and oxygen atoms in total. The van der Waals surface area contributed by atoms with Crippen LogP contribution in [0.4, 0.5) is 5.82 Å². The number of benzene rings is 1. The Bertz CT molecular complexity index is 626. The molecule has 1 aliphatic heterocycles. The number of hydrogen-bond acceptors (Lipinski definition) is 3. The van der Waals surface area contributed by atoms with E-state index >= 15 is 0 Å². The van der Waals surface area contributed by atoms with Gasteiger partial charge >= 0.3 is 0 Å². The number of aromatic nitrogens is 1. The van der Waals surface area contributed by atoms with E-state index in [1.807, 2.05) is 12.1 Å². The maximum absolute atomic E-state index is 6.15. The maximum Gasteiger partial charge on any atom is 0.129 e. The van der Waals surface area contributed by atoms with Crippen LogP contribution in [0.1, 0.15) is 18.4 Å². The molecule has 1 unspecified atom stereocenters. The minimum atomic E-state index is 0.530. The molecular formula is C17H22ClN3. The van der Waals surface area contributed by atoms with Gasteiger partial charge in [0.2, 0.25) is 0 Å². The van der Waals surface area contributed by atoms with E-state index in [-0.39, 0.29) is 0 Å². The van der Waals surface area contributed by atoms with Crippen LogP contribution in [0.5, 0.6) is 0 Å². The molecule has 1 aromatic carbocycles. The van der Waals surface area contributed by atoms with E-state index in [4.69, 9.17) is 16.6 Å². The van der Waals surface area contributed by atoms with Gasteiger partial charge in [0.25, 0.3) is 0 Å². The summed E-state index contributed by atoms with van der Waals surface area (Å²) in [7, 11) is 4.27. The summed E-state index contributed by atoms with van der Waals surface area (Å²) in [5, 5.41) is 1.17. The fourth-order valence-corrected chi connectivity index (χ4v) is 3.46. The quantitative estimate of drug-likeness (QED) is 0.806. The number of para-hydroxylation sites is 1. The molecule has 0 radical (unpaired) electrons. The van der Waals surface area contributed by atoms with E-state index in [9.17, 15) is 0 Å². The number of likely N-dealkylation sites (N-methyl/N-ethyl adjacent to an activating group) is 1. The van der Waals surface area contributed by atoms with Crippen LogP contribution in [0.3, 0.4) is 0 Å². The second-order valence-corrected chi connectivity index (χ2v) is 6.31. The third-order valence-electron chi connectivity index (χ3n) is 4.18. The van der Waals surface area contributed by atoms with Crippen LogP contribution < -0.4 is 4.90 Å². The molecule has 0 N–H and O–H groups in total. The highest BCUT2D eigenvalue weighted by atomic mass is 35.5. The molecule has 0 saturated carbocycles. The van der Waals surface area contributed by atoms with E-state index in [1.54, 1.807) is 0 Å². The lowest BCUT2D eigenvalue weighted by Gasteiger charge is -2.28. The number of anilines is 1. The first-order chi connectivity index (χ1) is 10.2. The molecule has 0 amide bonds. The summed E-state index contributed by atoms with van der Waals surface area (Å²) in [6.45, 7) is 2.16. The van der Waals surface area contributed by atoms with Gasteiger partial charge in [0, 0.05) is 30.4 Å². The molecular weight excluding hydrogens is 282 g/mol. The summed E-state index contributed by atoms with van der Waals surface area (Å²) in [5.41, 5.74) is 2.22. The van der Waals surface area contributed by atoms with Gasteiger partial charge in [-0.15, -0.1) is 11.6 Å². The lowest BCUT2D eigenvalue weighted by molar-refractivity contribution is 0.371. The van der Waals surface area contributed by atoms with Crippen LogP contribution in [0, 0.1) is 0 Å². The second-order valence-electron chi connectivity index (χ2n) is 6.04. The first kappa shape index (κ1) is 14.6. The van der Waals surface area contributed by atoms with Gasteiger partial charge < -0.3 is 9.80 Å². The zero-order chi connectivity index (χ0) is 14.8. The van der Waals surface area contributed by atoms with Crippen LogP contribution in [-0.4, -0.2) is 43.1 Å². The van der Waals surface area contributed by atoms with E-state index in [0.29, 0.717) is 11.9 Å². The zero-order valence-corrected chi connectivity index (χ0v) is 13.5. The van der Waals surface area contributed by atoms with Gasteiger partial charge in [-0.3, -0.25) is 0 Å².